The van der Waals surface area contributed by atoms with Crippen molar-refractivity contribution in [2.45, 2.75) is 52.0 Å². The number of pyridine rings is 1. The molecule has 0 saturated carbocycles. The van der Waals surface area contributed by atoms with E-state index in [1.807, 2.05) is 0 Å². The lowest BCUT2D eigenvalue weighted by Crippen LogP contribution is -2.61. The number of allylic oxidation sites excluding steroid dienone is 1. The molecule has 1 aliphatic heterocycles. The number of anilines is 3. The fourth-order valence-electron chi connectivity index (χ4n) is 5.88. The van der Waals surface area contributed by atoms with Crippen molar-refractivity contribution in [3.63, 3.8) is 0 Å². The number of hydrogen-bond acceptors (Lipinski definition) is 1. The van der Waals surface area contributed by atoms with Gasteiger partial charge in [-0.15, -0.1) is 0 Å². The number of hydrogen-bond donors (Lipinski definition) is 0. The summed E-state index contributed by atoms with van der Waals surface area (Å²) < 4.78 is 2.46. The second kappa shape index (κ2) is 9.19. The highest BCUT2D eigenvalue weighted by Crippen LogP contribution is 2.47. The zero-order chi connectivity index (χ0) is 24.6. The van der Waals surface area contributed by atoms with E-state index in [1.54, 1.807) is 0 Å². The molecule has 1 aliphatic rings. The van der Waals surface area contributed by atoms with E-state index in [9.17, 15) is 0 Å². The van der Waals surface area contributed by atoms with Gasteiger partial charge in [-0.2, -0.15) is 4.57 Å². The van der Waals surface area contributed by atoms with Crippen LogP contribution in [0.25, 0.3) is 11.3 Å². The number of benzene rings is 3. The molecule has 4 aromatic rings. The van der Waals surface area contributed by atoms with Crippen molar-refractivity contribution >= 4 is 17.1 Å². The molecule has 0 fully saturated rings. The fraction of sp³-hybridized carbons (Fsp3) is 0.242. The topological polar surface area (TPSA) is 7.12 Å². The molecule has 0 N–H and O–H groups in total. The van der Waals surface area contributed by atoms with Crippen LogP contribution in [0.5, 0.6) is 0 Å². The highest BCUT2D eigenvalue weighted by atomic mass is 15.1. The van der Waals surface area contributed by atoms with E-state index in [0.717, 1.165) is 24.2 Å². The van der Waals surface area contributed by atoms with Crippen molar-refractivity contribution in [1.82, 2.24) is 0 Å². The lowest BCUT2D eigenvalue weighted by atomic mass is 9.70. The Morgan fingerprint density at radius 1 is 0.829 bits per heavy atom. The van der Waals surface area contributed by atoms with Crippen LogP contribution in [0.2, 0.25) is 0 Å². The molecule has 2 heteroatoms. The van der Waals surface area contributed by atoms with E-state index in [2.05, 4.69) is 141 Å². The molecule has 5 rings (SSSR count). The van der Waals surface area contributed by atoms with Gasteiger partial charge in [0.2, 0.25) is 5.69 Å². The van der Waals surface area contributed by atoms with Crippen LogP contribution in [0.15, 0.2) is 104 Å². The molecule has 2 atom stereocenters. The summed E-state index contributed by atoms with van der Waals surface area (Å²) in [5, 5.41) is 0. The normalized spacial score (nSPS) is 18.5. The maximum absolute atomic E-state index is 4.31. The third-order valence-corrected chi connectivity index (χ3v) is 7.77. The molecule has 3 aromatic carbocycles. The summed E-state index contributed by atoms with van der Waals surface area (Å²) in [6.07, 6.45) is 6.48. The first-order chi connectivity index (χ1) is 17.0. The third kappa shape index (κ3) is 3.78. The molecule has 0 radical (unpaired) electrons. The number of nitrogens with zero attached hydrogens (tertiary/aromatic N) is 2. The number of fused-ring (bicyclic) bond motifs is 3. The van der Waals surface area contributed by atoms with Gasteiger partial charge in [0, 0.05) is 35.6 Å². The van der Waals surface area contributed by atoms with Crippen molar-refractivity contribution in [1.29, 1.82) is 0 Å². The van der Waals surface area contributed by atoms with Crippen molar-refractivity contribution in [2.75, 3.05) is 4.90 Å². The number of rotatable bonds is 6. The molecule has 2 heterocycles. The summed E-state index contributed by atoms with van der Waals surface area (Å²) in [6, 6.07) is 31.2. The van der Waals surface area contributed by atoms with Gasteiger partial charge in [0.15, 0.2) is 11.7 Å². The van der Waals surface area contributed by atoms with Crippen LogP contribution >= 0.6 is 0 Å². The Balaban J connectivity index is 1.73. The molecule has 35 heavy (non-hydrogen) atoms. The van der Waals surface area contributed by atoms with Crippen LogP contribution in [-0.4, -0.2) is 0 Å². The molecule has 0 amide bonds. The smallest absolute Gasteiger partial charge is 0.213 e. The maximum Gasteiger partial charge on any atom is 0.213 e. The molecule has 1 aromatic heterocycles. The first-order valence-electron chi connectivity index (χ1n) is 12.7. The Kier molecular flexibility index (Phi) is 6.06. The molecular formula is C33H35N2+. The first-order valence-corrected chi connectivity index (χ1v) is 12.7. The minimum absolute atomic E-state index is 0.118. The fourth-order valence-corrected chi connectivity index (χ4v) is 5.88. The third-order valence-electron chi connectivity index (χ3n) is 7.77. The monoisotopic (exact) mass is 459 g/mol. The minimum atomic E-state index is -0.118. The van der Waals surface area contributed by atoms with Gasteiger partial charge in [-0.25, -0.2) is 0 Å². The van der Waals surface area contributed by atoms with Crippen LogP contribution in [0.1, 0.15) is 49.3 Å². The number of aryl methyl sites for hydroxylation is 2. The quantitative estimate of drug-likeness (QED) is 0.207. The first kappa shape index (κ1) is 23.1. The van der Waals surface area contributed by atoms with Crippen LogP contribution in [0, 0.1) is 13.8 Å². The Bertz CT molecular complexity index is 1310. The predicted octanol–water partition coefficient (Wildman–Crippen LogP) is 8.53. The summed E-state index contributed by atoms with van der Waals surface area (Å²) in [5.41, 5.74) is 9.89. The van der Waals surface area contributed by atoms with E-state index < -0.39 is 0 Å². The van der Waals surface area contributed by atoms with Crippen molar-refractivity contribution < 1.29 is 4.57 Å². The average Bonchev–Trinajstić information content (AvgIpc) is 2.90. The second-order valence-corrected chi connectivity index (χ2v) is 9.74. The Morgan fingerprint density at radius 2 is 1.43 bits per heavy atom. The van der Waals surface area contributed by atoms with Crippen molar-refractivity contribution in [3.05, 3.63) is 120 Å². The van der Waals surface area contributed by atoms with E-state index in [0.29, 0.717) is 5.92 Å². The van der Waals surface area contributed by atoms with Gasteiger partial charge in [-0.1, -0.05) is 61.9 Å². The van der Waals surface area contributed by atoms with E-state index in [1.165, 1.54) is 33.6 Å². The Morgan fingerprint density at radius 3 is 1.97 bits per heavy atom. The molecule has 2 nitrogen and oxygen atoms in total. The Labute approximate surface area is 210 Å². The summed E-state index contributed by atoms with van der Waals surface area (Å²) in [5.74, 6) is 0.376. The van der Waals surface area contributed by atoms with Gasteiger partial charge in [-0.05, 0) is 74.4 Å². The summed E-state index contributed by atoms with van der Waals surface area (Å²) in [7, 11) is 0. The molecule has 0 aliphatic carbocycles. The van der Waals surface area contributed by atoms with Gasteiger partial charge in [0.25, 0.3) is 0 Å². The van der Waals surface area contributed by atoms with Crippen molar-refractivity contribution in [2.24, 2.45) is 0 Å². The zero-order valence-corrected chi connectivity index (χ0v) is 21.3. The predicted molar refractivity (Wildman–Crippen MR) is 148 cm³/mol. The molecule has 0 bridgehead atoms. The summed E-state index contributed by atoms with van der Waals surface area (Å²) in [6.45, 7) is 13.2. The summed E-state index contributed by atoms with van der Waals surface area (Å²) >= 11 is 0. The van der Waals surface area contributed by atoms with Gasteiger partial charge < -0.3 is 4.90 Å². The molecule has 2 unspecified atom stereocenters. The lowest BCUT2D eigenvalue weighted by molar-refractivity contribution is -0.749. The van der Waals surface area contributed by atoms with Gasteiger partial charge in [0.05, 0.1) is 11.5 Å². The Hall–Kier alpha value is -3.65. The second-order valence-electron chi connectivity index (χ2n) is 9.74. The van der Waals surface area contributed by atoms with Gasteiger partial charge >= 0.3 is 0 Å². The van der Waals surface area contributed by atoms with Crippen LogP contribution in [-0.2, 0) is 5.54 Å². The van der Waals surface area contributed by atoms with Gasteiger partial charge in [0.1, 0.15) is 0 Å². The SMILES string of the molecule is C=CC1(CC)C(CC)c2ccc(N(c3ccc(C)cc3)c3ccc(C)cc3)cc2-c2cccc[n+]21. The highest BCUT2D eigenvalue weighted by molar-refractivity contribution is 5.80. The average molecular weight is 460 g/mol. The molecular weight excluding hydrogens is 424 g/mol. The van der Waals surface area contributed by atoms with E-state index in [4.69, 9.17) is 0 Å². The zero-order valence-electron chi connectivity index (χ0n) is 21.3. The lowest BCUT2D eigenvalue weighted by Gasteiger charge is -2.38. The van der Waals surface area contributed by atoms with Crippen molar-refractivity contribution in [3.8, 4) is 11.3 Å². The highest BCUT2D eigenvalue weighted by Gasteiger charge is 2.49. The summed E-state index contributed by atoms with van der Waals surface area (Å²) in [4.78, 5) is 2.36. The van der Waals surface area contributed by atoms with Crippen LogP contribution < -0.4 is 9.47 Å². The largest absolute Gasteiger partial charge is 0.310 e. The minimum Gasteiger partial charge on any atom is -0.310 e. The van der Waals surface area contributed by atoms with E-state index >= 15 is 0 Å². The van der Waals surface area contributed by atoms with Crippen LogP contribution in [0.3, 0.4) is 0 Å². The number of aromatic nitrogens is 1. The molecule has 0 spiro atoms. The van der Waals surface area contributed by atoms with E-state index in [-0.39, 0.29) is 5.54 Å². The standard InChI is InChI=1S/C33H35N2/c1-6-31-29-21-20-28(23-30(29)32-11-9-10-22-34(32)33(31,7-2)8-3)35(26-16-12-24(4)13-17-26)27-18-14-25(5)15-19-27/h7,9-23,31H,2,6,8H2,1,3-5H3/q+1. The van der Waals surface area contributed by atoms with Crippen LogP contribution in [0.4, 0.5) is 17.1 Å². The maximum atomic E-state index is 4.31. The molecule has 176 valence electrons. The molecule has 0 saturated heterocycles. The van der Waals surface area contributed by atoms with Gasteiger partial charge in [-0.3, -0.25) is 0 Å².